The van der Waals surface area contributed by atoms with E-state index >= 15 is 0 Å². The van der Waals surface area contributed by atoms with Gasteiger partial charge >= 0.3 is 0 Å². The summed E-state index contributed by atoms with van der Waals surface area (Å²) < 4.78 is 17.1. The Morgan fingerprint density at radius 2 is 1.90 bits per heavy atom. The third kappa shape index (κ3) is 3.50. The van der Waals surface area contributed by atoms with Gasteiger partial charge in [0.15, 0.2) is 0 Å². The van der Waals surface area contributed by atoms with Crippen molar-refractivity contribution in [1.29, 1.82) is 0 Å². The number of fused-ring (bicyclic) bond motifs is 1. The number of hydrogen-bond donors (Lipinski definition) is 0. The van der Waals surface area contributed by atoms with Gasteiger partial charge in [0.1, 0.15) is 23.7 Å². The lowest BCUT2D eigenvalue weighted by molar-refractivity contribution is 0.0690. The summed E-state index contributed by atoms with van der Waals surface area (Å²) in [6.45, 7) is 3.65. The van der Waals surface area contributed by atoms with Crippen molar-refractivity contribution in [1.82, 2.24) is 29.2 Å². The van der Waals surface area contributed by atoms with Gasteiger partial charge in [-0.15, -0.1) is 0 Å². The zero-order chi connectivity index (χ0) is 21.4. The molecule has 0 aliphatic carbocycles. The Kier molecular flexibility index (Phi) is 4.82. The minimum absolute atomic E-state index is 0.0853. The fourth-order valence-corrected chi connectivity index (χ4v) is 4.08. The molecule has 7 nitrogen and oxygen atoms in total. The van der Waals surface area contributed by atoms with Crippen LogP contribution in [0.3, 0.4) is 0 Å². The Bertz CT molecular complexity index is 1230. The van der Waals surface area contributed by atoms with E-state index in [1.807, 2.05) is 40.4 Å². The van der Waals surface area contributed by atoms with Crippen LogP contribution in [0.1, 0.15) is 34.8 Å². The molecule has 4 aromatic rings. The Labute approximate surface area is 178 Å². The summed E-state index contributed by atoms with van der Waals surface area (Å²) in [6, 6.07) is 14.3. The van der Waals surface area contributed by atoms with E-state index in [0.717, 1.165) is 22.5 Å². The number of nitrogens with zero attached hydrogens (tertiary/aromatic N) is 6. The largest absolute Gasteiger partial charge is 0.328 e. The summed E-state index contributed by atoms with van der Waals surface area (Å²) >= 11 is 0. The summed E-state index contributed by atoms with van der Waals surface area (Å²) in [7, 11) is 0. The quantitative estimate of drug-likeness (QED) is 0.510. The second-order valence-corrected chi connectivity index (χ2v) is 7.58. The van der Waals surface area contributed by atoms with Crippen molar-refractivity contribution in [2.24, 2.45) is 0 Å². The maximum atomic E-state index is 13.4. The number of hydrogen-bond acceptors (Lipinski definition) is 4. The normalized spacial score (nSPS) is 14.3. The van der Waals surface area contributed by atoms with Crippen molar-refractivity contribution < 1.29 is 9.18 Å². The lowest BCUT2D eigenvalue weighted by atomic mass is 9.95. The number of aromatic nitrogens is 5. The minimum Gasteiger partial charge on any atom is -0.328 e. The molecule has 0 saturated heterocycles. The lowest BCUT2D eigenvalue weighted by Gasteiger charge is -2.28. The predicted octanol–water partition coefficient (Wildman–Crippen LogP) is 3.55. The zero-order valence-corrected chi connectivity index (χ0v) is 17.0. The monoisotopic (exact) mass is 416 g/mol. The molecule has 0 spiro atoms. The van der Waals surface area contributed by atoms with Gasteiger partial charge < -0.3 is 9.47 Å². The van der Waals surface area contributed by atoms with Gasteiger partial charge in [-0.3, -0.25) is 4.79 Å². The SMILES string of the molecule is C[C@@H](c1ccccc1-c1ccc(F)cc1)n1cncc1C(=O)N1CCn2ncnc2C1. The molecule has 1 amide bonds. The van der Waals surface area contributed by atoms with Gasteiger partial charge in [0.05, 0.1) is 31.7 Å². The van der Waals surface area contributed by atoms with Crippen molar-refractivity contribution in [2.75, 3.05) is 6.54 Å². The zero-order valence-electron chi connectivity index (χ0n) is 17.0. The summed E-state index contributed by atoms with van der Waals surface area (Å²) in [5.74, 6) is 0.423. The fourth-order valence-electron chi connectivity index (χ4n) is 4.08. The van der Waals surface area contributed by atoms with Gasteiger partial charge in [-0.05, 0) is 35.7 Å². The van der Waals surface area contributed by atoms with E-state index in [2.05, 4.69) is 15.1 Å². The van der Waals surface area contributed by atoms with E-state index < -0.39 is 0 Å². The first-order valence-corrected chi connectivity index (χ1v) is 10.1. The van der Waals surface area contributed by atoms with Crippen molar-refractivity contribution in [3.05, 3.63) is 90.3 Å². The Balaban J connectivity index is 1.46. The molecule has 8 heteroatoms. The van der Waals surface area contributed by atoms with Gasteiger partial charge in [0.25, 0.3) is 5.91 Å². The predicted molar refractivity (Wildman–Crippen MR) is 113 cm³/mol. The Morgan fingerprint density at radius 3 is 2.74 bits per heavy atom. The van der Waals surface area contributed by atoms with Crippen molar-refractivity contribution in [3.8, 4) is 11.1 Å². The van der Waals surface area contributed by atoms with E-state index in [1.165, 1.54) is 18.5 Å². The number of halogens is 1. The summed E-state index contributed by atoms with van der Waals surface area (Å²) in [4.78, 5) is 23.6. The van der Waals surface area contributed by atoms with Crippen molar-refractivity contribution >= 4 is 5.91 Å². The van der Waals surface area contributed by atoms with Gasteiger partial charge in [0.2, 0.25) is 0 Å². The molecular weight excluding hydrogens is 395 g/mol. The van der Waals surface area contributed by atoms with E-state index in [-0.39, 0.29) is 17.8 Å². The van der Waals surface area contributed by atoms with Crippen LogP contribution in [0, 0.1) is 5.82 Å². The minimum atomic E-state index is -0.269. The third-order valence-electron chi connectivity index (χ3n) is 5.77. The second kappa shape index (κ2) is 7.79. The highest BCUT2D eigenvalue weighted by atomic mass is 19.1. The molecule has 1 atom stereocenters. The average molecular weight is 416 g/mol. The first-order chi connectivity index (χ1) is 15.1. The second-order valence-electron chi connectivity index (χ2n) is 7.58. The first kappa shape index (κ1) is 19.2. The van der Waals surface area contributed by atoms with Gasteiger partial charge in [0, 0.05) is 6.54 Å². The highest BCUT2D eigenvalue weighted by molar-refractivity contribution is 5.92. The maximum absolute atomic E-state index is 13.4. The number of imidazole rings is 1. The highest BCUT2D eigenvalue weighted by Crippen LogP contribution is 2.31. The summed E-state index contributed by atoms with van der Waals surface area (Å²) in [5, 5.41) is 4.17. The van der Waals surface area contributed by atoms with Gasteiger partial charge in [-0.25, -0.2) is 19.0 Å². The number of rotatable bonds is 4. The van der Waals surface area contributed by atoms with Gasteiger partial charge in [-0.1, -0.05) is 36.4 Å². The third-order valence-corrected chi connectivity index (χ3v) is 5.77. The number of benzene rings is 2. The van der Waals surface area contributed by atoms with Crippen LogP contribution in [-0.4, -0.2) is 41.7 Å². The Morgan fingerprint density at radius 1 is 1.10 bits per heavy atom. The molecule has 3 heterocycles. The fraction of sp³-hybridized carbons (Fsp3) is 0.217. The van der Waals surface area contributed by atoms with Crippen LogP contribution in [0.25, 0.3) is 11.1 Å². The molecule has 1 aliphatic heterocycles. The van der Waals surface area contributed by atoms with Crippen LogP contribution >= 0.6 is 0 Å². The molecule has 0 radical (unpaired) electrons. The van der Waals surface area contributed by atoms with Crippen LogP contribution in [0.2, 0.25) is 0 Å². The summed E-state index contributed by atoms with van der Waals surface area (Å²) in [6.07, 6.45) is 4.81. The first-order valence-electron chi connectivity index (χ1n) is 10.1. The lowest BCUT2D eigenvalue weighted by Crippen LogP contribution is -2.39. The number of amides is 1. The standard InChI is InChI=1S/C23H21FN6O/c1-16(19-4-2-3-5-20(19)17-6-8-18(24)9-7-17)29-15-25-12-21(29)23(31)28-10-11-30-22(13-28)26-14-27-30/h2-9,12,14-16H,10-11,13H2,1H3/t16-/m0/s1. The topological polar surface area (TPSA) is 68.8 Å². The van der Waals surface area contributed by atoms with Crippen LogP contribution in [0.4, 0.5) is 4.39 Å². The van der Waals surface area contributed by atoms with E-state index in [9.17, 15) is 9.18 Å². The molecule has 5 rings (SSSR count). The molecule has 2 aromatic carbocycles. The van der Waals surface area contributed by atoms with Crippen LogP contribution in [0.15, 0.2) is 67.4 Å². The molecule has 2 aromatic heterocycles. The smallest absolute Gasteiger partial charge is 0.272 e. The van der Waals surface area contributed by atoms with Gasteiger partial charge in [-0.2, -0.15) is 5.10 Å². The van der Waals surface area contributed by atoms with Crippen molar-refractivity contribution in [2.45, 2.75) is 26.1 Å². The molecule has 31 heavy (non-hydrogen) atoms. The van der Waals surface area contributed by atoms with E-state index in [4.69, 9.17) is 0 Å². The van der Waals surface area contributed by atoms with Crippen LogP contribution < -0.4 is 0 Å². The van der Waals surface area contributed by atoms with Crippen molar-refractivity contribution in [3.63, 3.8) is 0 Å². The molecule has 0 N–H and O–H groups in total. The molecule has 156 valence electrons. The molecule has 0 saturated carbocycles. The number of carbonyl (C=O) groups is 1. The maximum Gasteiger partial charge on any atom is 0.272 e. The average Bonchev–Trinajstić information content (AvgIpc) is 3.48. The molecule has 0 unspecified atom stereocenters. The molecular formula is C23H21FN6O. The highest BCUT2D eigenvalue weighted by Gasteiger charge is 2.27. The summed E-state index contributed by atoms with van der Waals surface area (Å²) in [5.41, 5.74) is 3.47. The van der Waals surface area contributed by atoms with E-state index in [1.54, 1.807) is 29.6 Å². The molecule has 1 aliphatic rings. The van der Waals surface area contributed by atoms with Crippen LogP contribution in [0.5, 0.6) is 0 Å². The van der Waals surface area contributed by atoms with Crippen LogP contribution in [-0.2, 0) is 13.1 Å². The van der Waals surface area contributed by atoms with E-state index in [0.29, 0.717) is 25.3 Å². The molecule has 0 bridgehead atoms. The number of carbonyl (C=O) groups excluding carboxylic acids is 1. The molecule has 0 fully saturated rings. The Hall–Kier alpha value is -3.81.